The topological polar surface area (TPSA) is 141 Å². The first-order valence-corrected chi connectivity index (χ1v) is 14.0. The zero-order valence-corrected chi connectivity index (χ0v) is 24.7. The minimum absolute atomic E-state index is 0.0101. The van der Waals surface area contributed by atoms with E-state index in [1.807, 2.05) is 6.92 Å². The van der Waals surface area contributed by atoms with Crippen LogP contribution in [0, 0.1) is 10.1 Å². The van der Waals surface area contributed by atoms with Crippen molar-refractivity contribution in [2.45, 2.75) is 26.8 Å². The molecule has 4 rings (SSSR count). The molecule has 0 aliphatic carbocycles. The third kappa shape index (κ3) is 6.06. The lowest BCUT2D eigenvalue weighted by Gasteiger charge is -2.27. The molecule has 1 aliphatic rings. The number of nitro benzene ring substituents is 1. The third-order valence-electron chi connectivity index (χ3n) is 6.35. The van der Waals surface area contributed by atoms with Crippen molar-refractivity contribution in [1.29, 1.82) is 0 Å². The lowest BCUT2D eigenvalue weighted by Crippen LogP contribution is -2.40. The van der Waals surface area contributed by atoms with Gasteiger partial charge in [-0.25, -0.2) is 9.79 Å². The van der Waals surface area contributed by atoms with Gasteiger partial charge >= 0.3 is 11.7 Å². The van der Waals surface area contributed by atoms with Crippen LogP contribution in [0.3, 0.4) is 0 Å². The molecule has 42 heavy (non-hydrogen) atoms. The zero-order chi connectivity index (χ0) is 30.4. The molecular weight excluding hydrogens is 566 g/mol. The Kier molecular flexibility index (Phi) is 9.76. The van der Waals surface area contributed by atoms with Crippen molar-refractivity contribution < 1.29 is 33.4 Å². The smallest absolute Gasteiger partial charge is 0.338 e. The Morgan fingerprint density at radius 2 is 1.88 bits per heavy atom. The Bertz CT molecular complexity index is 1710. The van der Waals surface area contributed by atoms with Crippen LogP contribution in [0.15, 0.2) is 57.5 Å². The molecule has 3 aromatic rings. The number of aromatic nitrogens is 1. The van der Waals surface area contributed by atoms with Gasteiger partial charge in [-0.3, -0.25) is 19.5 Å². The van der Waals surface area contributed by atoms with E-state index in [2.05, 4.69) is 4.99 Å². The van der Waals surface area contributed by atoms with Crippen LogP contribution in [0.1, 0.15) is 37.9 Å². The molecular formula is C29H31N3O9S. The number of allylic oxidation sites excluding steroid dienone is 1. The van der Waals surface area contributed by atoms with E-state index in [9.17, 15) is 19.7 Å². The molecule has 0 N–H and O–H groups in total. The summed E-state index contributed by atoms with van der Waals surface area (Å²) in [7, 11) is 3.00. The average Bonchev–Trinajstić information content (AvgIpc) is 3.27. The van der Waals surface area contributed by atoms with Gasteiger partial charge in [0, 0.05) is 18.7 Å². The normalized spacial score (nSPS) is 14.7. The summed E-state index contributed by atoms with van der Waals surface area (Å²) in [5, 5.41) is 11.6. The Morgan fingerprint density at radius 1 is 1.12 bits per heavy atom. The average molecular weight is 598 g/mol. The molecule has 0 unspecified atom stereocenters. The van der Waals surface area contributed by atoms with Crippen molar-refractivity contribution in [3.05, 3.63) is 88.6 Å². The largest absolute Gasteiger partial charge is 0.493 e. The van der Waals surface area contributed by atoms with Gasteiger partial charge in [-0.1, -0.05) is 29.5 Å². The molecule has 2 heterocycles. The summed E-state index contributed by atoms with van der Waals surface area (Å²) in [4.78, 5) is 43.5. The fourth-order valence-electron chi connectivity index (χ4n) is 4.58. The molecule has 1 aromatic heterocycles. The Balaban J connectivity index is 1.95. The van der Waals surface area contributed by atoms with Crippen LogP contribution in [0.25, 0.3) is 6.08 Å². The Hall–Kier alpha value is -4.49. The molecule has 0 spiro atoms. The first-order valence-electron chi connectivity index (χ1n) is 13.1. The molecule has 0 radical (unpaired) electrons. The first kappa shape index (κ1) is 30.5. The molecule has 0 saturated heterocycles. The zero-order valence-electron chi connectivity index (χ0n) is 23.9. The number of carbonyl (C=O) groups excluding carboxylic acids is 1. The van der Waals surface area contributed by atoms with Gasteiger partial charge in [0.2, 0.25) is 0 Å². The first-order chi connectivity index (χ1) is 20.2. The van der Waals surface area contributed by atoms with Gasteiger partial charge in [-0.2, -0.15) is 0 Å². The maximum Gasteiger partial charge on any atom is 0.338 e. The van der Waals surface area contributed by atoms with E-state index in [-0.39, 0.29) is 41.4 Å². The number of fused-ring (bicyclic) bond motifs is 1. The predicted octanol–water partition coefficient (Wildman–Crippen LogP) is 3.14. The lowest BCUT2D eigenvalue weighted by atomic mass is 9.94. The number of hydrogen-bond acceptors (Lipinski definition) is 11. The second kappa shape index (κ2) is 13.4. The lowest BCUT2D eigenvalue weighted by molar-refractivity contribution is -0.385. The van der Waals surface area contributed by atoms with Gasteiger partial charge in [0.05, 0.1) is 47.7 Å². The third-order valence-corrected chi connectivity index (χ3v) is 7.33. The number of carbonyl (C=O) groups is 1. The molecule has 2 aromatic carbocycles. The molecule has 0 bridgehead atoms. The highest BCUT2D eigenvalue weighted by Gasteiger charge is 2.36. The second-order valence-corrected chi connectivity index (χ2v) is 9.95. The number of nitrogens with zero attached hydrogens (tertiary/aromatic N) is 3. The fourth-order valence-corrected chi connectivity index (χ4v) is 5.62. The van der Waals surface area contributed by atoms with Crippen molar-refractivity contribution >= 4 is 29.1 Å². The van der Waals surface area contributed by atoms with E-state index in [1.54, 1.807) is 44.2 Å². The number of thiazole rings is 1. The van der Waals surface area contributed by atoms with Gasteiger partial charge < -0.3 is 23.7 Å². The number of esters is 1. The van der Waals surface area contributed by atoms with Gasteiger partial charge in [0.1, 0.15) is 12.6 Å². The number of nitro groups is 1. The van der Waals surface area contributed by atoms with Crippen LogP contribution < -0.4 is 29.1 Å². The Morgan fingerprint density at radius 3 is 2.55 bits per heavy atom. The van der Waals surface area contributed by atoms with Crippen molar-refractivity contribution in [2.24, 2.45) is 4.99 Å². The maximum absolute atomic E-state index is 14.0. The standard InChI is InChI=1S/C29H31N3O9S/c1-6-39-21-12-11-18(15-20(21)32(35)36)16-23-27(33)31-25(19-9-8-10-22(38-5)26(19)40-7-2)24(17(3)30-29(31)42-23)28(34)41-14-13-37-4/h8-12,15-16,25H,6-7,13-14H2,1-5H3/b23-16+/t25-/m0/s1. The van der Waals surface area contributed by atoms with Gasteiger partial charge in [-0.05, 0) is 44.5 Å². The van der Waals surface area contributed by atoms with E-state index in [0.717, 1.165) is 11.3 Å². The molecule has 12 nitrogen and oxygen atoms in total. The van der Waals surface area contributed by atoms with Crippen LogP contribution in [-0.2, 0) is 14.3 Å². The van der Waals surface area contributed by atoms with Crippen molar-refractivity contribution in [3.63, 3.8) is 0 Å². The minimum Gasteiger partial charge on any atom is -0.493 e. The molecule has 0 fully saturated rings. The Labute approximate surface area is 245 Å². The monoisotopic (exact) mass is 597 g/mol. The minimum atomic E-state index is -0.954. The number of ether oxygens (including phenoxy) is 5. The van der Waals surface area contributed by atoms with Crippen LogP contribution in [-0.4, -0.2) is 56.1 Å². The highest BCUT2D eigenvalue weighted by Crippen LogP contribution is 2.40. The summed E-state index contributed by atoms with van der Waals surface area (Å²) >= 11 is 1.10. The van der Waals surface area contributed by atoms with Gasteiger partial charge in [0.15, 0.2) is 22.0 Å². The van der Waals surface area contributed by atoms with Crippen molar-refractivity contribution in [2.75, 3.05) is 40.6 Å². The molecule has 222 valence electrons. The van der Waals surface area contributed by atoms with Crippen molar-refractivity contribution in [1.82, 2.24) is 4.57 Å². The van der Waals surface area contributed by atoms with E-state index < -0.39 is 22.5 Å². The highest BCUT2D eigenvalue weighted by molar-refractivity contribution is 7.07. The molecule has 0 saturated carbocycles. The van der Waals surface area contributed by atoms with E-state index >= 15 is 0 Å². The summed E-state index contributed by atoms with van der Waals surface area (Å²) in [6, 6.07) is 8.75. The number of hydrogen-bond donors (Lipinski definition) is 0. The fraction of sp³-hybridized carbons (Fsp3) is 0.345. The maximum atomic E-state index is 14.0. The molecule has 0 amide bonds. The summed E-state index contributed by atoms with van der Waals surface area (Å²) in [6.07, 6.45) is 1.55. The van der Waals surface area contributed by atoms with E-state index in [0.29, 0.717) is 39.7 Å². The van der Waals surface area contributed by atoms with Gasteiger partial charge in [0.25, 0.3) is 5.56 Å². The molecule has 13 heteroatoms. The van der Waals surface area contributed by atoms with Gasteiger partial charge in [-0.15, -0.1) is 0 Å². The van der Waals surface area contributed by atoms with Crippen LogP contribution in [0.4, 0.5) is 5.69 Å². The summed E-state index contributed by atoms with van der Waals surface area (Å²) in [6.45, 7) is 6.00. The number of benzene rings is 2. The second-order valence-electron chi connectivity index (χ2n) is 8.94. The van der Waals surface area contributed by atoms with Crippen LogP contribution >= 0.6 is 11.3 Å². The molecule has 1 atom stereocenters. The van der Waals surface area contributed by atoms with Crippen LogP contribution in [0.2, 0.25) is 0 Å². The molecule has 1 aliphatic heterocycles. The number of para-hydroxylation sites is 1. The summed E-state index contributed by atoms with van der Waals surface area (Å²) in [5.74, 6) is 0.288. The predicted molar refractivity (Wildman–Crippen MR) is 155 cm³/mol. The summed E-state index contributed by atoms with van der Waals surface area (Å²) < 4.78 is 29.0. The summed E-state index contributed by atoms with van der Waals surface area (Å²) in [5.41, 5.74) is 0.811. The van der Waals surface area contributed by atoms with Crippen molar-refractivity contribution in [3.8, 4) is 17.2 Å². The quantitative estimate of drug-likeness (QED) is 0.133. The SMILES string of the molecule is CCOc1ccc(/C=c2/sc3n(c2=O)[C@@H](c2cccc(OC)c2OCC)C(C(=O)OCCOC)=C(C)N=3)cc1[N+](=O)[O-]. The number of rotatable bonds is 12. The van der Waals surface area contributed by atoms with E-state index in [4.69, 9.17) is 23.7 Å². The highest BCUT2D eigenvalue weighted by atomic mass is 32.1. The number of methoxy groups -OCH3 is 2. The van der Waals surface area contributed by atoms with Crippen LogP contribution in [0.5, 0.6) is 17.2 Å². The van der Waals surface area contributed by atoms with E-state index in [1.165, 1.54) is 30.9 Å².